The number of para-hydroxylation sites is 1. The van der Waals surface area contributed by atoms with Crippen LogP contribution in [-0.4, -0.2) is 34.8 Å². The number of carbonyl (C=O) groups is 1. The molecule has 0 fully saturated rings. The predicted molar refractivity (Wildman–Crippen MR) is 104 cm³/mol. The SMILES string of the molecule is COc1ccc([N+](=O)[O-])cc1NC(=O)c1nn(-c2ccccc2)c(=O)cc1OC. The van der Waals surface area contributed by atoms with Crippen LogP contribution in [0.2, 0.25) is 0 Å². The van der Waals surface area contributed by atoms with Gasteiger partial charge in [0, 0.05) is 12.1 Å². The van der Waals surface area contributed by atoms with E-state index >= 15 is 0 Å². The zero-order chi connectivity index (χ0) is 21.0. The molecule has 0 saturated heterocycles. The number of amides is 1. The van der Waals surface area contributed by atoms with Crippen LogP contribution in [0.5, 0.6) is 11.5 Å². The summed E-state index contributed by atoms with van der Waals surface area (Å²) in [5, 5.41) is 17.7. The second kappa shape index (κ2) is 8.21. The van der Waals surface area contributed by atoms with Gasteiger partial charge in [-0.15, -0.1) is 0 Å². The number of rotatable bonds is 6. The minimum atomic E-state index is -0.731. The van der Waals surface area contributed by atoms with E-state index in [2.05, 4.69) is 10.4 Å². The van der Waals surface area contributed by atoms with Gasteiger partial charge in [-0.05, 0) is 18.2 Å². The molecule has 0 spiro atoms. The number of non-ortho nitro benzene ring substituents is 1. The van der Waals surface area contributed by atoms with Gasteiger partial charge in [0.2, 0.25) is 0 Å². The molecule has 0 radical (unpaired) electrons. The van der Waals surface area contributed by atoms with Gasteiger partial charge >= 0.3 is 0 Å². The average molecular weight is 396 g/mol. The molecule has 1 heterocycles. The summed E-state index contributed by atoms with van der Waals surface area (Å²) in [6.07, 6.45) is 0. The molecule has 1 aromatic heterocycles. The number of methoxy groups -OCH3 is 2. The summed E-state index contributed by atoms with van der Waals surface area (Å²) in [6, 6.07) is 13.5. The molecule has 0 unspecified atom stereocenters. The molecule has 0 aliphatic heterocycles. The highest BCUT2D eigenvalue weighted by Gasteiger charge is 2.21. The van der Waals surface area contributed by atoms with Gasteiger partial charge < -0.3 is 14.8 Å². The van der Waals surface area contributed by atoms with E-state index in [-0.39, 0.29) is 28.6 Å². The number of hydrogen-bond donors (Lipinski definition) is 1. The van der Waals surface area contributed by atoms with Gasteiger partial charge in [-0.25, -0.2) is 0 Å². The lowest BCUT2D eigenvalue weighted by atomic mass is 10.2. The number of ether oxygens (including phenoxy) is 2. The normalized spacial score (nSPS) is 10.3. The van der Waals surface area contributed by atoms with Gasteiger partial charge in [-0.3, -0.25) is 19.7 Å². The number of carbonyl (C=O) groups excluding carboxylic acids is 1. The van der Waals surface area contributed by atoms with Crippen LogP contribution in [0.1, 0.15) is 10.5 Å². The van der Waals surface area contributed by atoms with Gasteiger partial charge in [0.15, 0.2) is 11.4 Å². The van der Waals surface area contributed by atoms with Crippen molar-refractivity contribution < 1.29 is 19.2 Å². The third-order valence-corrected chi connectivity index (χ3v) is 3.97. The van der Waals surface area contributed by atoms with Crippen LogP contribution >= 0.6 is 0 Å². The van der Waals surface area contributed by atoms with E-state index < -0.39 is 16.4 Å². The molecule has 0 aliphatic rings. The van der Waals surface area contributed by atoms with Crippen molar-refractivity contribution >= 4 is 17.3 Å². The quantitative estimate of drug-likeness (QED) is 0.501. The average Bonchev–Trinajstić information content (AvgIpc) is 2.73. The summed E-state index contributed by atoms with van der Waals surface area (Å²) in [6.45, 7) is 0. The molecule has 0 atom stereocenters. The van der Waals surface area contributed by atoms with Crippen molar-refractivity contribution in [1.29, 1.82) is 0 Å². The van der Waals surface area contributed by atoms with Crippen molar-refractivity contribution in [3.63, 3.8) is 0 Å². The first kappa shape index (κ1) is 19.5. The Bertz CT molecular complexity index is 1130. The first-order valence-electron chi connectivity index (χ1n) is 8.32. The fourth-order valence-corrected chi connectivity index (χ4v) is 2.60. The standard InChI is InChI=1S/C19H16N4O6/c1-28-15-9-8-13(23(26)27)10-14(15)20-19(25)18-16(29-2)11-17(24)22(21-18)12-6-4-3-5-7-12/h3-11H,1-2H3,(H,20,25). The van der Waals surface area contributed by atoms with Crippen molar-refractivity contribution in [2.75, 3.05) is 19.5 Å². The molecule has 3 aromatic rings. The largest absolute Gasteiger partial charge is 0.495 e. The summed E-state index contributed by atoms with van der Waals surface area (Å²) >= 11 is 0. The van der Waals surface area contributed by atoms with E-state index in [0.29, 0.717) is 5.69 Å². The Hall–Kier alpha value is -4.21. The minimum absolute atomic E-state index is 0.0379. The first-order chi connectivity index (χ1) is 13.9. The number of nitro benzene ring substituents is 1. The number of nitrogens with one attached hydrogen (secondary N) is 1. The van der Waals surface area contributed by atoms with Crippen molar-refractivity contribution in [3.8, 4) is 17.2 Å². The van der Waals surface area contributed by atoms with Crippen molar-refractivity contribution in [1.82, 2.24) is 9.78 Å². The van der Waals surface area contributed by atoms with E-state index in [1.165, 1.54) is 26.4 Å². The van der Waals surface area contributed by atoms with Crippen LogP contribution in [0.25, 0.3) is 5.69 Å². The number of hydrogen-bond acceptors (Lipinski definition) is 7. The predicted octanol–water partition coefficient (Wildman–Crippen LogP) is 2.41. The highest BCUT2D eigenvalue weighted by molar-refractivity contribution is 6.05. The minimum Gasteiger partial charge on any atom is -0.495 e. The van der Waals surface area contributed by atoms with Gasteiger partial charge in [0.1, 0.15) is 5.75 Å². The van der Waals surface area contributed by atoms with Crippen LogP contribution in [0.3, 0.4) is 0 Å². The molecule has 0 aliphatic carbocycles. The molecule has 29 heavy (non-hydrogen) atoms. The topological polar surface area (TPSA) is 126 Å². The number of nitro groups is 1. The number of anilines is 1. The molecule has 2 aromatic carbocycles. The lowest BCUT2D eigenvalue weighted by Crippen LogP contribution is -2.26. The maximum absolute atomic E-state index is 12.8. The first-order valence-corrected chi connectivity index (χ1v) is 8.32. The van der Waals surface area contributed by atoms with Crippen LogP contribution in [0.15, 0.2) is 59.4 Å². The molecular weight excluding hydrogens is 380 g/mol. The summed E-state index contributed by atoms with van der Waals surface area (Å²) in [5.41, 5.74) is -0.354. The highest BCUT2D eigenvalue weighted by Crippen LogP contribution is 2.29. The number of nitrogens with zero attached hydrogens (tertiary/aromatic N) is 3. The smallest absolute Gasteiger partial charge is 0.280 e. The molecule has 10 heteroatoms. The van der Waals surface area contributed by atoms with E-state index in [4.69, 9.17) is 9.47 Å². The molecule has 10 nitrogen and oxygen atoms in total. The lowest BCUT2D eigenvalue weighted by molar-refractivity contribution is -0.384. The fraction of sp³-hybridized carbons (Fsp3) is 0.105. The van der Waals surface area contributed by atoms with E-state index in [1.807, 2.05) is 0 Å². The highest BCUT2D eigenvalue weighted by atomic mass is 16.6. The second-order valence-corrected chi connectivity index (χ2v) is 5.74. The van der Waals surface area contributed by atoms with Gasteiger partial charge in [-0.2, -0.15) is 9.78 Å². The maximum Gasteiger partial charge on any atom is 0.280 e. The van der Waals surface area contributed by atoms with Crippen LogP contribution in [-0.2, 0) is 0 Å². The van der Waals surface area contributed by atoms with E-state index in [1.54, 1.807) is 30.3 Å². The van der Waals surface area contributed by atoms with Crippen LogP contribution in [0.4, 0.5) is 11.4 Å². The summed E-state index contributed by atoms with van der Waals surface area (Å²) < 4.78 is 11.3. The van der Waals surface area contributed by atoms with Crippen molar-refractivity contribution in [2.24, 2.45) is 0 Å². The molecule has 0 bridgehead atoms. The summed E-state index contributed by atoms with van der Waals surface area (Å²) in [7, 11) is 2.67. The van der Waals surface area contributed by atoms with Crippen LogP contribution in [0, 0.1) is 10.1 Å². The number of aromatic nitrogens is 2. The Labute approximate surface area is 164 Å². The third-order valence-electron chi connectivity index (χ3n) is 3.97. The second-order valence-electron chi connectivity index (χ2n) is 5.74. The Morgan fingerprint density at radius 3 is 2.38 bits per heavy atom. The van der Waals surface area contributed by atoms with Gasteiger partial charge in [-0.1, -0.05) is 18.2 Å². The monoisotopic (exact) mass is 396 g/mol. The molecule has 3 rings (SSSR count). The third kappa shape index (κ3) is 4.05. The van der Waals surface area contributed by atoms with E-state index in [9.17, 15) is 19.7 Å². The Kier molecular flexibility index (Phi) is 5.54. The fourth-order valence-electron chi connectivity index (χ4n) is 2.60. The zero-order valence-corrected chi connectivity index (χ0v) is 15.5. The van der Waals surface area contributed by atoms with E-state index in [0.717, 1.165) is 16.8 Å². The summed E-state index contributed by atoms with van der Waals surface area (Å²) in [5.74, 6) is -0.547. The van der Waals surface area contributed by atoms with Crippen molar-refractivity contribution in [3.05, 3.63) is 80.8 Å². The van der Waals surface area contributed by atoms with Gasteiger partial charge in [0.25, 0.3) is 17.2 Å². The summed E-state index contributed by atoms with van der Waals surface area (Å²) in [4.78, 5) is 35.6. The Morgan fingerprint density at radius 2 is 1.76 bits per heavy atom. The lowest BCUT2D eigenvalue weighted by Gasteiger charge is -2.13. The molecule has 1 amide bonds. The number of benzene rings is 2. The zero-order valence-electron chi connectivity index (χ0n) is 15.5. The molecular formula is C19H16N4O6. The van der Waals surface area contributed by atoms with Crippen molar-refractivity contribution in [2.45, 2.75) is 0 Å². The molecule has 0 saturated carbocycles. The van der Waals surface area contributed by atoms with Gasteiger partial charge in [0.05, 0.1) is 36.6 Å². The molecule has 148 valence electrons. The Balaban J connectivity index is 2.04. The molecule has 1 N–H and O–H groups in total. The van der Waals surface area contributed by atoms with Crippen LogP contribution < -0.4 is 20.3 Å². The Morgan fingerprint density at radius 1 is 1.07 bits per heavy atom. The maximum atomic E-state index is 12.8.